The van der Waals surface area contributed by atoms with Crippen LogP contribution in [-0.2, 0) is 14.9 Å². The van der Waals surface area contributed by atoms with Gasteiger partial charge in [-0.3, -0.25) is 0 Å². The number of nitrogens with zero attached hydrogens (tertiary/aromatic N) is 2. The van der Waals surface area contributed by atoms with Crippen LogP contribution < -0.4 is 9.44 Å². The van der Waals surface area contributed by atoms with Crippen LogP contribution in [0.2, 0.25) is 0 Å². The summed E-state index contributed by atoms with van der Waals surface area (Å²) in [7, 11) is -4.13. The molecule has 11 heteroatoms. The minimum atomic E-state index is -4.13. The van der Waals surface area contributed by atoms with Crippen LogP contribution >= 0.6 is 11.3 Å². The predicted molar refractivity (Wildman–Crippen MR) is 73.4 cm³/mol. The van der Waals surface area contributed by atoms with Crippen LogP contribution in [0.4, 0.5) is 9.93 Å². The zero-order chi connectivity index (χ0) is 15.3. The second-order valence-electron chi connectivity index (χ2n) is 3.88. The van der Waals surface area contributed by atoms with E-state index in [0.29, 0.717) is 5.69 Å². The number of aromatic nitrogens is 1. The molecule has 0 aliphatic rings. The monoisotopic (exact) mass is 322 g/mol. The Morgan fingerprint density at radius 1 is 1.55 bits per heavy atom. The molecule has 0 unspecified atom stereocenters. The van der Waals surface area contributed by atoms with Gasteiger partial charge in [-0.2, -0.15) is 8.42 Å². The highest BCUT2D eigenvalue weighted by Gasteiger charge is 2.18. The van der Waals surface area contributed by atoms with Crippen molar-refractivity contribution in [2.24, 2.45) is 5.16 Å². The van der Waals surface area contributed by atoms with E-state index in [1.165, 1.54) is 12.3 Å². The second-order valence-corrected chi connectivity index (χ2v) is 6.16. The lowest BCUT2D eigenvalue weighted by Gasteiger charge is -2.09. The largest absolute Gasteiger partial charge is 0.446 e. The number of amides is 1. The first-order valence-corrected chi connectivity index (χ1v) is 7.75. The fourth-order valence-corrected chi connectivity index (χ4v) is 2.74. The van der Waals surface area contributed by atoms with Crippen LogP contribution in [0, 0.1) is 0 Å². The van der Waals surface area contributed by atoms with Gasteiger partial charge in [-0.1, -0.05) is 5.16 Å². The molecule has 1 rings (SSSR count). The molecule has 0 aliphatic heterocycles. The summed E-state index contributed by atoms with van der Waals surface area (Å²) >= 11 is 0.976. The molecule has 20 heavy (non-hydrogen) atoms. The number of oxime groups is 1. The summed E-state index contributed by atoms with van der Waals surface area (Å²) in [6.45, 7) is 4.68. The smallest absolute Gasteiger partial charge is 0.422 e. The number of carbonyl (C=O) groups excluding carboxylic acids is 1. The average Bonchev–Trinajstić information content (AvgIpc) is 2.73. The molecule has 0 bridgehead atoms. The molecule has 0 fully saturated rings. The Balaban J connectivity index is 2.72. The molecule has 9 nitrogen and oxygen atoms in total. The molecule has 0 saturated carbocycles. The highest BCUT2D eigenvalue weighted by atomic mass is 32.2. The molecule has 1 heterocycles. The van der Waals surface area contributed by atoms with E-state index in [1.54, 1.807) is 18.6 Å². The van der Waals surface area contributed by atoms with Crippen LogP contribution in [0.25, 0.3) is 0 Å². The lowest BCUT2D eigenvalue weighted by atomic mass is 10.3. The third-order valence-corrected chi connectivity index (χ3v) is 3.59. The van der Waals surface area contributed by atoms with E-state index in [4.69, 9.17) is 5.21 Å². The van der Waals surface area contributed by atoms with E-state index in [1.807, 2.05) is 0 Å². The van der Waals surface area contributed by atoms with Crippen molar-refractivity contribution in [1.29, 1.82) is 0 Å². The lowest BCUT2D eigenvalue weighted by molar-refractivity contribution is 0.121. The van der Waals surface area contributed by atoms with Gasteiger partial charge in [-0.15, -0.1) is 11.3 Å². The second kappa shape index (κ2) is 6.52. The Morgan fingerprint density at radius 2 is 2.20 bits per heavy atom. The first-order chi connectivity index (χ1) is 9.23. The van der Waals surface area contributed by atoms with Gasteiger partial charge in [0.15, 0.2) is 5.13 Å². The third-order valence-electron chi connectivity index (χ3n) is 1.81. The highest BCUT2D eigenvalue weighted by molar-refractivity contribution is 7.91. The van der Waals surface area contributed by atoms with E-state index >= 15 is 0 Å². The molecule has 1 aromatic heterocycles. The van der Waals surface area contributed by atoms with Crippen molar-refractivity contribution in [3.63, 3.8) is 0 Å². The summed E-state index contributed by atoms with van der Waals surface area (Å²) in [6, 6.07) is 0. The molecular formula is C9H14N4O5S2. The summed E-state index contributed by atoms with van der Waals surface area (Å²) in [5.74, 6) is 0. The Hall–Kier alpha value is -1.88. The maximum Gasteiger partial charge on any atom is 0.422 e. The van der Waals surface area contributed by atoms with E-state index in [0.717, 1.165) is 11.3 Å². The molecule has 0 saturated heterocycles. The number of thiazole rings is 1. The summed E-state index contributed by atoms with van der Waals surface area (Å²) in [6.07, 6.45) is -1.53. The molecule has 1 amide bonds. The summed E-state index contributed by atoms with van der Waals surface area (Å²) < 4.78 is 31.6. The highest BCUT2D eigenvalue weighted by Crippen LogP contribution is 2.17. The van der Waals surface area contributed by atoms with E-state index in [-0.39, 0.29) is 10.8 Å². The minimum Gasteiger partial charge on any atom is -0.446 e. The van der Waals surface area contributed by atoms with Crippen LogP contribution in [0.1, 0.15) is 26.5 Å². The maximum absolute atomic E-state index is 11.6. The first kappa shape index (κ1) is 16.2. The van der Waals surface area contributed by atoms with Gasteiger partial charge in [-0.05, 0) is 20.8 Å². The SMILES string of the molecule is CC(=NO)c1csc(NS(=O)(=O)NC(=O)OC(C)C)n1. The van der Waals surface area contributed by atoms with Crippen LogP contribution in [-0.4, -0.2) is 36.5 Å². The fourth-order valence-electron chi connectivity index (χ4n) is 1.03. The van der Waals surface area contributed by atoms with Gasteiger partial charge in [0.2, 0.25) is 0 Å². The summed E-state index contributed by atoms with van der Waals surface area (Å²) in [5, 5.41) is 13.0. The van der Waals surface area contributed by atoms with Gasteiger partial charge >= 0.3 is 16.3 Å². The molecule has 0 radical (unpaired) electrons. The van der Waals surface area contributed by atoms with Gasteiger partial charge in [-0.25, -0.2) is 19.2 Å². The van der Waals surface area contributed by atoms with Gasteiger partial charge in [0, 0.05) is 5.38 Å². The Labute approximate surface area is 119 Å². The van der Waals surface area contributed by atoms with E-state index in [9.17, 15) is 13.2 Å². The molecule has 0 aliphatic carbocycles. The number of carbonyl (C=O) groups is 1. The van der Waals surface area contributed by atoms with Gasteiger partial charge in [0.1, 0.15) is 11.4 Å². The normalized spacial score (nSPS) is 12.3. The average molecular weight is 322 g/mol. The fraction of sp³-hybridized carbons (Fsp3) is 0.444. The lowest BCUT2D eigenvalue weighted by Crippen LogP contribution is -2.36. The van der Waals surface area contributed by atoms with Crippen molar-refractivity contribution >= 4 is 38.5 Å². The zero-order valence-electron chi connectivity index (χ0n) is 10.9. The number of ether oxygens (including phenoxy) is 1. The van der Waals surface area contributed by atoms with Crippen LogP contribution in [0.3, 0.4) is 0 Å². The van der Waals surface area contributed by atoms with Crippen molar-refractivity contribution in [3.8, 4) is 0 Å². The number of nitrogens with one attached hydrogen (secondary N) is 2. The van der Waals surface area contributed by atoms with Crippen molar-refractivity contribution < 1.29 is 23.2 Å². The van der Waals surface area contributed by atoms with E-state index < -0.39 is 22.4 Å². The number of rotatable bonds is 5. The number of hydrogen-bond acceptors (Lipinski definition) is 8. The summed E-state index contributed by atoms with van der Waals surface area (Å²) in [4.78, 5) is 15.1. The molecule has 0 spiro atoms. The standard InChI is InChI=1S/C9H14N4O5S2/c1-5(2)18-9(14)13-20(16,17)12-8-10-7(4-19-8)6(3)11-15/h4-5,15H,1-3H3,(H,10,12)(H,13,14). The molecule has 112 valence electrons. The first-order valence-electron chi connectivity index (χ1n) is 5.39. The number of anilines is 1. The Morgan fingerprint density at radius 3 is 2.75 bits per heavy atom. The van der Waals surface area contributed by atoms with Crippen LogP contribution in [0.5, 0.6) is 0 Å². The predicted octanol–water partition coefficient (Wildman–Crippen LogP) is 1.13. The van der Waals surface area contributed by atoms with Crippen molar-refractivity contribution in [2.75, 3.05) is 4.72 Å². The summed E-state index contributed by atoms with van der Waals surface area (Å²) in [5.41, 5.74) is 0.554. The topological polar surface area (TPSA) is 130 Å². The van der Waals surface area contributed by atoms with Crippen LogP contribution in [0.15, 0.2) is 10.5 Å². The van der Waals surface area contributed by atoms with Crippen molar-refractivity contribution in [2.45, 2.75) is 26.9 Å². The van der Waals surface area contributed by atoms with Crippen molar-refractivity contribution in [3.05, 3.63) is 11.1 Å². The molecular weight excluding hydrogens is 308 g/mol. The molecule has 3 N–H and O–H groups in total. The quantitative estimate of drug-likeness (QED) is 0.423. The van der Waals surface area contributed by atoms with Gasteiger partial charge in [0.25, 0.3) is 0 Å². The Bertz CT molecular complexity index is 608. The van der Waals surface area contributed by atoms with Gasteiger partial charge < -0.3 is 9.94 Å². The Kier molecular flexibility index (Phi) is 5.27. The number of hydrogen-bond donors (Lipinski definition) is 3. The third kappa shape index (κ3) is 5.01. The molecule has 0 atom stereocenters. The zero-order valence-corrected chi connectivity index (χ0v) is 12.6. The van der Waals surface area contributed by atoms with Crippen molar-refractivity contribution in [1.82, 2.24) is 9.71 Å². The van der Waals surface area contributed by atoms with Gasteiger partial charge in [0.05, 0.1) is 6.10 Å². The molecule has 1 aromatic rings. The maximum atomic E-state index is 11.6. The minimum absolute atomic E-state index is 0.0212. The molecule has 0 aromatic carbocycles. The van der Waals surface area contributed by atoms with E-state index in [2.05, 4.69) is 19.6 Å².